The van der Waals surface area contributed by atoms with Crippen LogP contribution in [0.1, 0.15) is 19.8 Å². The molecule has 68 valence electrons. The van der Waals surface area contributed by atoms with E-state index in [2.05, 4.69) is 11.9 Å². The van der Waals surface area contributed by atoms with Gasteiger partial charge in [0.05, 0.1) is 0 Å². The summed E-state index contributed by atoms with van der Waals surface area (Å²) in [4.78, 5) is 20.8. The largest absolute Gasteiger partial charge is 0.481 e. The van der Waals surface area contributed by atoms with Crippen LogP contribution in [-0.4, -0.2) is 23.0 Å². The molecule has 0 fully saturated rings. The number of hydrogen-bond donors (Lipinski definition) is 2. The fourth-order valence-corrected chi connectivity index (χ4v) is 0.714. The summed E-state index contributed by atoms with van der Waals surface area (Å²) in [7, 11) is 0. The quantitative estimate of drug-likeness (QED) is 0.593. The molecule has 0 heterocycles. The summed E-state index contributed by atoms with van der Waals surface area (Å²) >= 11 is 0. The van der Waals surface area contributed by atoms with Gasteiger partial charge in [-0.05, 0) is 19.4 Å². The second-order valence-electron chi connectivity index (χ2n) is 2.55. The molecule has 0 aromatic rings. The van der Waals surface area contributed by atoms with Crippen molar-refractivity contribution in [1.82, 2.24) is 5.32 Å². The van der Waals surface area contributed by atoms with Crippen LogP contribution in [0.3, 0.4) is 0 Å². The van der Waals surface area contributed by atoms with Gasteiger partial charge in [0.2, 0.25) is 5.91 Å². The zero-order chi connectivity index (χ0) is 9.56. The molecule has 0 bridgehead atoms. The van der Waals surface area contributed by atoms with Crippen LogP contribution in [0.5, 0.6) is 0 Å². The minimum atomic E-state index is -0.852. The van der Waals surface area contributed by atoms with E-state index in [0.717, 1.165) is 6.08 Å². The first-order chi connectivity index (χ1) is 5.56. The lowest BCUT2D eigenvalue weighted by Gasteiger charge is -2.09. The standard InChI is InChI=1S/C8H13NO3/c1-3-7(10)9-6(2)4-5-8(11)12/h3,6H,1,4-5H2,2H3,(H,9,10)(H,11,12). The zero-order valence-corrected chi connectivity index (χ0v) is 7.04. The SMILES string of the molecule is C=CC(=O)NC(C)CCC(=O)O. The highest BCUT2D eigenvalue weighted by Gasteiger charge is 2.06. The summed E-state index contributed by atoms with van der Waals surface area (Å²) in [5, 5.41) is 10.9. The molecule has 2 N–H and O–H groups in total. The fraction of sp³-hybridized carbons (Fsp3) is 0.500. The Balaban J connectivity index is 3.59. The number of carbonyl (C=O) groups is 2. The van der Waals surface area contributed by atoms with Gasteiger partial charge in [-0.25, -0.2) is 0 Å². The lowest BCUT2D eigenvalue weighted by molar-refractivity contribution is -0.137. The van der Waals surface area contributed by atoms with Crippen LogP contribution in [0.15, 0.2) is 12.7 Å². The normalized spacial score (nSPS) is 11.8. The number of carbonyl (C=O) groups excluding carboxylic acids is 1. The summed E-state index contributed by atoms with van der Waals surface area (Å²) in [6, 6.07) is -0.119. The molecule has 0 rings (SSSR count). The third kappa shape index (κ3) is 5.46. The van der Waals surface area contributed by atoms with Crippen LogP contribution in [0.4, 0.5) is 0 Å². The van der Waals surface area contributed by atoms with Crippen molar-refractivity contribution < 1.29 is 14.7 Å². The van der Waals surface area contributed by atoms with Gasteiger partial charge in [-0.2, -0.15) is 0 Å². The second-order valence-corrected chi connectivity index (χ2v) is 2.55. The van der Waals surface area contributed by atoms with Gasteiger partial charge in [0.15, 0.2) is 0 Å². The van der Waals surface area contributed by atoms with Crippen molar-refractivity contribution in [3.05, 3.63) is 12.7 Å². The Morgan fingerprint density at radius 2 is 2.25 bits per heavy atom. The highest BCUT2D eigenvalue weighted by atomic mass is 16.4. The predicted molar refractivity (Wildman–Crippen MR) is 44.7 cm³/mol. The molecule has 0 aromatic carbocycles. The maximum absolute atomic E-state index is 10.7. The van der Waals surface area contributed by atoms with Gasteiger partial charge in [-0.3, -0.25) is 9.59 Å². The highest BCUT2D eigenvalue weighted by Crippen LogP contribution is 1.95. The summed E-state index contributed by atoms with van der Waals surface area (Å²) in [5.41, 5.74) is 0. The predicted octanol–water partition coefficient (Wildman–Crippen LogP) is 0.542. The summed E-state index contributed by atoms with van der Waals surface area (Å²) in [5.74, 6) is -1.12. The van der Waals surface area contributed by atoms with E-state index < -0.39 is 5.97 Å². The Bertz CT molecular complexity index is 189. The summed E-state index contributed by atoms with van der Waals surface area (Å²) < 4.78 is 0. The summed E-state index contributed by atoms with van der Waals surface area (Å²) in [6.45, 7) is 5.03. The first-order valence-electron chi connectivity index (χ1n) is 3.71. The van der Waals surface area contributed by atoms with Crippen LogP contribution in [0, 0.1) is 0 Å². The Hall–Kier alpha value is -1.32. The van der Waals surface area contributed by atoms with Crippen LogP contribution < -0.4 is 5.32 Å². The van der Waals surface area contributed by atoms with E-state index in [0.29, 0.717) is 6.42 Å². The molecule has 4 nitrogen and oxygen atoms in total. The zero-order valence-electron chi connectivity index (χ0n) is 7.04. The van der Waals surface area contributed by atoms with Gasteiger partial charge in [-0.15, -0.1) is 0 Å². The minimum Gasteiger partial charge on any atom is -0.481 e. The average molecular weight is 171 g/mol. The molecular formula is C8H13NO3. The van der Waals surface area contributed by atoms with Gasteiger partial charge in [0, 0.05) is 12.5 Å². The van der Waals surface area contributed by atoms with Crippen LogP contribution in [0.2, 0.25) is 0 Å². The van der Waals surface area contributed by atoms with Gasteiger partial charge >= 0.3 is 5.97 Å². The monoisotopic (exact) mass is 171 g/mol. The van der Waals surface area contributed by atoms with Crippen LogP contribution in [0.25, 0.3) is 0 Å². The van der Waals surface area contributed by atoms with E-state index >= 15 is 0 Å². The number of aliphatic carboxylic acids is 1. The lowest BCUT2D eigenvalue weighted by Crippen LogP contribution is -2.31. The van der Waals surface area contributed by atoms with E-state index in [9.17, 15) is 9.59 Å². The highest BCUT2D eigenvalue weighted by molar-refractivity contribution is 5.87. The van der Waals surface area contributed by atoms with Crippen molar-refractivity contribution in [3.63, 3.8) is 0 Å². The molecule has 0 radical (unpaired) electrons. The van der Waals surface area contributed by atoms with Gasteiger partial charge in [0.1, 0.15) is 0 Å². The molecule has 12 heavy (non-hydrogen) atoms. The number of carboxylic acids is 1. The number of nitrogens with one attached hydrogen (secondary N) is 1. The van der Waals surface area contributed by atoms with Gasteiger partial charge in [-0.1, -0.05) is 6.58 Å². The van der Waals surface area contributed by atoms with E-state index in [1.54, 1.807) is 6.92 Å². The Morgan fingerprint density at radius 1 is 1.67 bits per heavy atom. The van der Waals surface area contributed by atoms with Crippen molar-refractivity contribution in [2.24, 2.45) is 0 Å². The third-order valence-electron chi connectivity index (χ3n) is 1.37. The molecule has 1 unspecified atom stereocenters. The van der Waals surface area contributed by atoms with Crippen molar-refractivity contribution >= 4 is 11.9 Å². The molecule has 1 atom stereocenters. The van der Waals surface area contributed by atoms with Gasteiger partial charge < -0.3 is 10.4 Å². The van der Waals surface area contributed by atoms with Crippen LogP contribution in [-0.2, 0) is 9.59 Å². The topological polar surface area (TPSA) is 66.4 Å². The lowest BCUT2D eigenvalue weighted by atomic mass is 10.2. The first kappa shape index (κ1) is 10.7. The average Bonchev–Trinajstić information content (AvgIpc) is 2.00. The maximum Gasteiger partial charge on any atom is 0.303 e. The maximum atomic E-state index is 10.7. The Kier molecular flexibility index (Phi) is 4.76. The second kappa shape index (κ2) is 5.35. The molecule has 1 amide bonds. The fourth-order valence-electron chi connectivity index (χ4n) is 0.714. The molecule has 0 aliphatic carbocycles. The molecule has 0 aliphatic rings. The molecule has 0 spiro atoms. The molecule has 0 saturated carbocycles. The molecule has 0 saturated heterocycles. The Labute approximate surface area is 71.3 Å². The van der Waals surface area contributed by atoms with E-state index in [1.807, 2.05) is 0 Å². The van der Waals surface area contributed by atoms with Crippen molar-refractivity contribution in [1.29, 1.82) is 0 Å². The number of carboxylic acid groups (broad SMARTS) is 1. The number of amides is 1. The molecule has 4 heteroatoms. The van der Waals surface area contributed by atoms with E-state index in [4.69, 9.17) is 5.11 Å². The van der Waals surface area contributed by atoms with Crippen molar-refractivity contribution in [3.8, 4) is 0 Å². The van der Waals surface area contributed by atoms with Crippen molar-refractivity contribution in [2.45, 2.75) is 25.8 Å². The van der Waals surface area contributed by atoms with Crippen LogP contribution >= 0.6 is 0 Å². The number of hydrogen-bond acceptors (Lipinski definition) is 2. The molecule has 0 aromatic heterocycles. The van der Waals surface area contributed by atoms with Gasteiger partial charge in [0.25, 0.3) is 0 Å². The molecular weight excluding hydrogens is 158 g/mol. The number of rotatable bonds is 5. The van der Waals surface area contributed by atoms with E-state index in [-0.39, 0.29) is 18.4 Å². The third-order valence-corrected chi connectivity index (χ3v) is 1.37. The van der Waals surface area contributed by atoms with E-state index in [1.165, 1.54) is 0 Å². The minimum absolute atomic E-state index is 0.0680. The molecule has 0 aliphatic heterocycles. The summed E-state index contributed by atoms with van der Waals surface area (Å²) in [6.07, 6.45) is 1.67. The van der Waals surface area contributed by atoms with Crippen molar-refractivity contribution in [2.75, 3.05) is 0 Å². The Morgan fingerprint density at radius 3 is 2.67 bits per heavy atom. The smallest absolute Gasteiger partial charge is 0.303 e. The first-order valence-corrected chi connectivity index (χ1v) is 3.71.